The van der Waals surface area contributed by atoms with Crippen molar-refractivity contribution < 1.29 is 8.42 Å². The fourth-order valence-corrected chi connectivity index (χ4v) is 5.57. The van der Waals surface area contributed by atoms with Crippen molar-refractivity contribution in [1.29, 1.82) is 0 Å². The second kappa shape index (κ2) is 5.62. The van der Waals surface area contributed by atoms with Gasteiger partial charge in [-0.25, -0.2) is 8.42 Å². The summed E-state index contributed by atoms with van der Waals surface area (Å²) in [6.07, 6.45) is 4.45. The molecule has 1 saturated carbocycles. The smallest absolute Gasteiger partial charge is 0.243 e. The molecule has 1 saturated heterocycles. The van der Waals surface area contributed by atoms with Gasteiger partial charge in [0.1, 0.15) is 0 Å². The SMILES string of the molecule is Cc1ccccc1S(=O)(=O)N1CCC2(CC1)CC(N(C)C)C2. The number of piperidine rings is 1. The van der Waals surface area contributed by atoms with Crippen LogP contribution in [0, 0.1) is 12.3 Å². The number of rotatable bonds is 3. The van der Waals surface area contributed by atoms with Crippen LogP contribution in [0.2, 0.25) is 0 Å². The summed E-state index contributed by atoms with van der Waals surface area (Å²) in [6, 6.07) is 7.96. The van der Waals surface area contributed by atoms with Gasteiger partial charge in [-0.1, -0.05) is 18.2 Å². The Morgan fingerprint density at radius 1 is 1.14 bits per heavy atom. The fraction of sp³-hybridized carbons (Fsp3) is 0.647. The number of nitrogens with zero attached hydrogens (tertiary/aromatic N) is 2. The van der Waals surface area contributed by atoms with Gasteiger partial charge in [-0.15, -0.1) is 0 Å². The summed E-state index contributed by atoms with van der Waals surface area (Å²) >= 11 is 0. The van der Waals surface area contributed by atoms with Crippen LogP contribution < -0.4 is 0 Å². The van der Waals surface area contributed by atoms with E-state index in [1.54, 1.807) is 16.4 Å². The van der Waals surface area contributed by atoms with Crippen molar-refractivity contribution in [2.24, 2.45) is 5.41 Å². The third kappa shape index (κ3) is 2.70. The van der Waals surface area contributed by atoms with Gasteiger partial charge in [-0.05, 0) is 63.7 Å². The largest absolute Gasteiger partial charge is 0.306 e. The predicted octanol–water partition coefficient (Wildman–Crippen LogP) is 2.49. The molecule has 1 heterocycles. The maximum absolute atomic E-state index is 12.8. The van der Waals surface area contributed by atoms with Gasteiger partial charge >= 0.3 is 0 Å². The number of sulfonamides is 1. The Morgan fingerprint density at radius 3 is 2.27 bits per heavy atom. The Balaban J connectivity index is 1.68. The predicted molar refractivity (Wildman–Crippen MR) is 88.3 cm³/mol. The number of aryl methyl sites for hydroxylation is 1. The van der Waals surface area contributed by atoms with Crippen LogP contribution in [0.1, 0.15) is 31.2 Å². The summed E-state index contributed by atoms with van der Waals surface area (Å²) in [5.41, 5.74) is 1.23. The molecule has 2 aliphatic rings. The summed E-state index contributed by atoms with van der Waals surface area (Å²) in [4.78, 5) is 2.76. The van der Waals surface area contributed by atoms with Crippen LogP contribution in [0.5, 0.6) is 0 Å². The molecule has 5 heteroatoms. The van der Waals surface area contributed by atoms with Crippen LogP contribution in [0.3, 0.4) is 0 Å². The molecule has 4 nitrogen and oxygen atoms in total. The molecule has 122 valence electrons. The first kappa shape index (κ1) is 16.0. The van der Waals surface area contributed by atoms with Crippen molar-refractivity contribution in [3.63, 3.8) is 0 Å². The van der Waals surface area contributed by atoms with Gasteiger partial charge in [-0.2, -0.15) is 4.31 Å². The van der Waals surface area contributed by atoms with Gasteiger partial charge in [0.05, 0.1) is 4.90 Å². The minimum atomic E-state index is -3.33. The highest BCUT2D eigenvalue weighted by Gasteiger charge is 2.47. The maximum atomic E-state index is 12.8. The van der Waals surface area contributed by atoms with Crippen LogP contribution in [-0.2, 0) is 10.0 Å². The number of benzene rings is 1. The van der Waals surface area contributed by atoms with Crippen molar-refractivity contribution >= 4 is 10.0 Å². The van der Waals surface area contributed by atoms with Crippen molar-refractivity contribution in [2.45, 2.75) is 43.5 Å². The topological polar surface area (TPSA) is 40.6 Å². The Labute approximate surface area is 134 Å². The van der Waals surface area contributed by atoms with E-state index in [9.17, 15) is 8.42 Å². The Morgan fingerprint density at radius 2 is 1.73 bits per heavy atom. The molecule has 0 aromatic heterocycles. The third-order valence-corrected chi connectivity index (χ3v) is 7.62. The lowest BCUT2D eigenvalue weighted by Gasteiger charge is -2.53. The zero-order valence-electron chi connectivity index (χ0n) is 13.7. The lowest BCUT2D eigenvalue weighted by Crippen LogP contribution is -2.54. The van der Waals surface area contributed by atoms with E-state index in [-0.39, 0.29) is 0 Å². The molecule has 2 fully saturated rings. The highest BCUT2D eigenvalue weighted by Crippen LogP contribution is 2.50. The van der Waals surface area contributed by atoms with E-state index in [2.05, 4.69) is 19.0 Å². The van der Waals surface area contributed by atoms with Gasteiger partial charge in [0.2, 0.25) is 10.0 Å². The van der Waals surface area contributed by atoms with Gasteiger partial charge in [0, 0.05) is 19.1 Å². The first-order chi connectivity index (χ1) is 10.3. The molecule has 0 unspecified atom stereocenters. The van der Waals surface area contributed by atoms with Gasteiger partial charge in [0.15, 0.2) is 0 Å². The lowest BCUT2D eigenvalue weighted by molar-refractivity contribution is -0.0132. The van der Waals surface area contributed by atoms with Crippen molar-refractivity contribution in [3.05, 3.63) is 29.8 Å². The molecule has 0 bridgehead atoms. The van der Waals surface area contributed by atoms with E-state index in [0.29, 0.717) is 29.4 Å². The van der Waals surface area contributed by atoms with Crippen molar-refractivity contribution in [3.8, 4) is 0 Å². The second-order valence-corrected chi connectivity index (χ2v) is 9.10. The van der Waals surface area contributed by atoms with E-state index < -0.39 is 10.0 Å². The summed E-state index contributed by atoms with van der Waals surface area (Å²) in [6.45, 7) is 3.19. The van der Waals surface area contributed by atoms with Crippen LogP contribution in [0.25, 0.3) is 0 Å². The van der Waals surface area contributed by atoms with E-state index in [1.165, 1.54) is 12.8 Å². The first-order valence-electron chi connectivity index (χ1n) is 8.06. The first-order valence-corrected chi connectivity index (χ1v) is 9.50. The van der Waals surface area contributed by atoms with E-state index >= 15 is 0 Å². The second-order valence-electron chi connectivity index (χ2n) is 7.20. The molecule has 22 heavy (non-hydrogen) atoms. The minimum Gasteiger partial charge on any atom is -0.306 e. The van der Waals surface area contributed by atoms with E-state index in [4.69, 9.17) is 0 Å². The van der Waals surface area contributed by atoms with Crippen LogP contribution in [-0.4, -0.2) is 50.8 Å². The summed E-state index contributed by atoms with van der Waals surface area (Å²) in [5.74, 6) is 0. The number of hydrogen-bond donors (Lipinski definition) is 0. The molecule has 1 aromatic rings. The molecule has 1 aliphatic heterocycles. The Bertz CT molecular complexity index is 638. The molecule has 1 aromatic carbocycles. The standard InChI is InChI=1S/C17H26N2O2S/c1-14-6-4-5-7-16(14)22(20,21)19-10-8-17(9-11-19)12-15(13-17)18(2)3/h4-7,15H,8-13H2,1-3H3. The van der Waals surface area contributed by atoms with Gasteiger partial charge in [-0.3, -0.25) is 0 Å². The average Bonchev–Trinajstić information content (AvgIpc) is 2.45. The molecule has 1 aliphatic carbocycles. The normalized spacial score (nSPS) is 22.9. The quantitative estimate of drug-likeness (QED) is 0.858. The lowest BCUT2D eigenvalue weighted by atomic mass is 9.60. The monoisotopic (exact) mass is 322 g/mol. The molecular formula is C17H26N2O2S. The molecule has 0 N–H and O–H groups in total. The summed E-state index contributed by atoms with van der Waals surface area (Å²) < 4.78 is 27.3. The maximum Gasteiger partial charge on any atom is 0.243 e. The van der Waals surface area contributed by atoms with Gasteiger partial charge in [0.25, 0.3) is 0 Å². The minimum absolute atomic E-state index is 0.396. The average molecular weight is 322 g/mol. The third-order valence-electron chi connectivity index (χ3n) is 5.56. The van der Waals surface area contributed by atoms with Gasteiger partial charge < -0.3 is 4.90 Å². The van der Waals surface area contributed by atoms with E-state index in [0.717, 1.165) is 18.4 Å². The Kier molecular flexibility index (Phi) is 4.08. The molecule has 0 radical (unpaired) electrons. The highest BCUT2D eigenvalue weighted by molar-refractivity contribution is 7.89. The van der Waals surface area contributed by atoms with Crippen molar-refractivity contribution in [1.82, 2.24) is 9.21 Å². The zero-order chi connectivity index (χ0) is 16.0. The van der Waals surface area contributed by atoms with Crippen LogP contribution in [0.4, 0.5) is 0 Å². The zero-order valence-corrected chi connectivity index (χ0v) is 14.6. The fourth-order valence-electron chi connectivity index (χ4n) is 3.90. The number of hydrogen-bond acceptors (Lipinski definition) is 3. The summed E-state index contributed by atoms with van der Waals surface area (Å²) in [7, 11) is 0.934. The van der Waals surface area contributed by atoms with Crippen molar-refractivity contribution in [2.75, 3.05) is 27.2 Å². The van der Waals surface area contributed by atoms with E-state index in [1.807, 2.05) is 19.1 Å². The molecule has 3 rings (SSSR count). The van der Waals surface area contributed by atoms with Crippen LogP contribution in [0.15, 0.2) is 29.2 Å². The Hall–Kier alpha value is -0.910. The van der Waals surface area contributed by atoms with Crippen LogP contribution >= 0.6 is 0 Å². The molecule has 1 spiro atoms. The highest BCUT2D eigenvalue weighted by atomic mass is 32.2. The molecule has 0 amide bonds. The molecule has 0 atom stereocenters. The molecular weight excluding hydrogens is 296 g/mol. The summed E-state index contributed by atoms with van der Waals surface area (Å²) in [5, 5.41) is 0.